The number of nitrogens with zero attached hydrogens (tertiary/aromatic N) is 4. The molecule has 0 saturated carbocycles. The molecule has 64 heavy (non-hydrogen) atoms. The van der Waals surface area contributed by atoms with Crippen molar-refractivity contribution in [3.8, 4) is 5.75 Å². The molecule has 0 amide bonds. The molecule has 0 aliphatic heterocycles. The summed E-state index contributed by atoms with van der Waals surface area (Å²) in [5, 5.41) is 25.4. The van der Waals surface area contributed by atoms with E-state index in [0.29, 0.717) is 24.3 Å². The van der Waals surface area contributed by atoms with Gasteiger partial charge in [0.2, 0.25) is 15.8 Å². The Balaban J connectivity index is 0. The minimum atomic E-state index is -5.31. The Morgan fingerprint density at radius 2 is 1.14 bits per heavy atom. The van der Waals surface area contributed by atoms with Crippen LogP contribution in [0, 0.1) is 5.39 Å². The second kappa shape index (κ2) is 24.6. The molecule has 0 bridgehead atoms. The topological polar surface area (TPSA) is 466 Å². The van der Waals surface area contributed by atoms with Gasteiger partial charge in [0.1, 0.15) is 31.7 Å². The number of rotatable bonds is 15. The molecule has 4 aromatic rings. The predicted molar refractivity (Wildman–Crippen MR) is 195 cm³/mol. The van der Waals surface area contributed by atoms with E-state index in [1.54, 1.807) is 0 Å². The average Bonchev–Trinajstić information content (AvgIpc) is 3.08. The van der Waals surface area contributed by atoms with E-state index < -0.39 is 138 Å². The molecule has 336 valence electrons. The van der Waals surface area contributed by atoms with Crippen molar-refractivity contribution >= 4 is 104 Å². The molecule has 0 aromatic heterocycles. The number of hydrogen-bond acceptors (Lipinski definition) is 24. The first-order valence-corrected chi connectivity index (χ1v) is 25.1. The fourth-order valence-corrected chi connectivity index (χ4v) is 9.37. The summed E-state index contributed by atoms with van der Waals surface area (Å²) in [5.74, 6) is -2.57. The number of benzene rings is 4. The van der Waals surface area contributed by atoms with Gasteiger partial charge in [-0.2, -0.15) is 21.9 Å². The van der Waals surface area contributed by atoms with Crippen LogP contribution in [0.25, 0.3) is 15.7 Å². The third kappa shape index (κ3) is 18.8. The number of hydrogen-bond donors (Lipinski definition) is 4. The molecular formula is C26H23ClN5Na3O22S7. The second-order valence-electron chi connectivity index (χ2n) is 11.1. The molecule has 4 rings (SSSR count). The van der Waals surface area contributed by atoms with Crippen molar-refractivity contribution in [2.75, 3.05) is 30.5 Å². The fourth-order valence-electron chi connectivity index (χ4n) is 4.46. The molecule has 0 aliphatic carbocycles. The second-order valence-corrected chi connectivity index (χ2v) is 21.6. The van der Waals surface area contributed by atoms with E-state index in [9.17, 15) is 77.7 Å². The van der Waals surface area contributed by atoms with Crippen molar-refractivity contribution in [2.45, 2.75) is 24.5 Å². The summed E-state index contributed by atoms with van der Waals surface area (Å²) in [4.78, 5) is -1.25. The first-order chi connectivity index (χ1) is 27.2. The van der Waals surface area contributed by atoms with Crippen molar-refractivity contribution in [1.29, 1.82) is 5.39 Å². The Labute approximate surface area is 437 Å². The van der Waals surface area contributed by atoms with Crippen molar-refractivity contribution in [1.82, 2.24) is 0 Å². The monoisotopic (exact) mass is 1080 g/mol. The van der Waals surface area contributed by atoms with E-state index in [0.717, 1.165) is 36.4 Å². The number of phenolic OH excluding ortho intramolecular Hbond substituents is 1. The number of anilines is 1. The molecule has 0 heterocycles. The number of nitrogen functional groups attached to an aromatic ring is 1. The number of azo groups is 1. The number of diazo groups is 1. The largest absolute Gasteiger partial charge is 1.00 e. The van der Waals surface area contributed by atoms with Crippen LogP contribution < -0.4 is 107 Å². The van der Waals surface area contributed by atoms with Crippen molar-refractivity contribution in [3.63, 3.8) is 0 Å². The molecular weight excluding hydrogens is 1060 g/mol. The van der Waals surface area contributed by atoms with Gasteiger partial charge in [-0.1, -0.05) is 0 Å². The number of fused-ring (bicyclic) bond motifs is 1. The molecule has 0 radical (unpaired) electrons. The maximum Gasteiger partial charge on any atom is 1.00 e. The van der Waals surface area contributed by atoms with Gasteiger partial charge in [-0.05, 0) is 60.0 Å². The van der Waals surface area contributed by atoms with Crippen molar-refractivity contribution in [2.24, 2.45) is 10.2 Å². The van der Waals surface area contributed by atoms with Crippen molar-refractivity contribution in [3.05, 3.63) is 65.6 Å². The summed E-state index contributed by atoms with van der Waals surface area (Å²) in [5.41, 5.74) is 3.91. The van der Waals surface area contributed by atoms with Crippen LogP contribution in [0.2, 0.25) is 0 Å². The average molecular weight is 1090 g/mol. The van der Waals surface area contributed by atoms with Crippen LogP contribution in [0.1, 0.15) is 0 Å². The zero-order valence-electron chi connectivity index (χ0n) is 32.3. The van der Waals surface area contributed by atoms with Crippen LogP contribution in [-0.2, 0) is 79.2 Å². The number of nitrogens with two attached hydrogens (primary N) is 1. The summed E-state index contributed by atoms with van der Waals surface area (Å²) in [6, 6.07) is 8.43. The smallest absolute Gasteiger partial charge is 1.00 e. The summed E-state index contributed by atoms with van der Waals surface area (Å²) in [6.07, 6.45) is 0. The molecule has 0 atom stereocenters. The molecule has 0 aliphatic rings. The maximum atomic E-state index is 12.2. The van der Waals surface area contributed by atoms with Gasteiger partial charge in [0.25, 0.3) is 0 Å². The van der Waals surface area contributed by atoms with Crippen LogP contribution in [0.15, 0.2) is 95.4 Å². The number of aromatic hydroxyl groups is 1. The van der Waals surface area contributed by atoms with Crippen LogP contribution >= 0.6 is 0 Å². The first kappa shape index (κ1) is 64.5. The number of sulfone groups is 2. The van der Waals surface area contributed by atoms with E-state index in [4.69, 9.17) is 20.2 Å². The summed E-state index contributed by atoms with van der Waals surface area (Å²) >= 11 is 0. The SMILES string of the molecule is N#[N+]c1ccc(S(=O)(=O)CCOS(=O)(=O)O)cc1S(=O)(=O)O.Nc1c(N=Nc2ccc(S(=O)(=O)CCOS(=O)(=O)[O-])cc2)c(S(=O)(=O)[O-])cc2cc(S(=O)(=O)[O-])cc(O)c12.[Cl-].[Na+].[Na+].[Na+]. The van der Waals surface area contributed by atoms with E-state index in [2.05, 4.69) is 23.6 Å². The molecule has 0 fully saturated rings. The Bertz CT molecular complexity index is 3250. The summed E-state index contributed by atoms with van der Waals surface area (Å²) < 4.78 is 217. The third-order valence-corrected chi connectivity index (χ3v) is 13.9. The molecule has 4 aromatic carbocycles. The molecule has 0 spiro atoms. The number of phenols is 1. The van der Waals surface area contributed by atoms with Gasteiger partial charge in [0.05, 0.1) is 55.7 Å². The van der Waals surface area contributed by atoms with Crippen LogP contribution in [0.3, 0.4) is 0 Å². The minimum Gasteiger partial charge on any atom is -1.00 e. The summed E-state index contributed by atoms with van der Waals surface area (Å²) in [7, 11) is -33.4. The van der Waals surface area contributed by atoms with E-state index >= 15 is 0 Å². The van der Waals surface area contributed by atoms with Gasteiger partial charge in [0.15, 0.2) is 29.5 Å². The standard InChI is InChI=1S/C18H17N3O13S4.C8H8N2O9S3.ClH.3Na/c19-17-16-10(7-13(9-14(16)22)36(25,26)27)8-15(37(28,29)30)18(17)21-20-11-1-3-12(4-2-11)35(23,24)6-5-34-38(31,32)33;9-10-7-2-1-6(5-8(7)21(13,14)15)20(11,12)4-3-19-22(16,17)18;;;;/h1-4,7-9,22H,5-6,19H2,(H,25,26,27)(H,28,29,30)(H,31,32,33);1-2,5H,3-4H2,(H-,13,14,15,16,17,18);1H;;;/q;;;3*+1/p-3. The molecule has 0 saturated heterocycles. The third-order valence-electron chi connectivity index (χ3n) is 7.03. The predicted octanol–water partition coefficient (Wildman–Crippen LogP) is -11.4. The van der Waals surface area contributed by atoms with Crippen LogP contribution in [-0.4, -0.2) is 112 Å². The van der Waals surface area contributed by atoms with Gasteiger partial charge in [-0.3, -0.25) is 13.3 Å². The van der Waals surface area contributed by atoms with E-state index in [1.807, 2.05) is 0 Å². The van der Waals surface area contributed by atoms with Gasteiger partial charge >= 0.3 is 115 Å². The number of halogens is 1. The first-order valence-electron chi connectivity index (χ1n) is 14.8. The molecule has 38 heteroatoms. The van der Waals surface area contributed by atoms with Crippen LogP contribution in [0.5, 0.6) is 5.75 Å². The molecule has 0 unspecified atom stereocenters. The zero-order valence-corrected chi connectivity index (χ0v) is 44.8. The molecule has 5 N–H and O–H groups in total. The van der Waals surface area contributed by atoms with Gasteiger partial charge < -0.3 is 36.9 Å². The summed E-state index contributed by atoms with van der Waals surface area (Å²) in [6.45, 7) is -1.83. The van der Waals surface area contributed by atoms with E-state index in [-0.39, 0.29) is 122 Å². The normalized spacial score (nSPS) is 12.3. The Hall–Kier alpha value is -1.58. The van der Waals surface area contributed by atoms with Crippen molar-refractivity contribution < 1.29 is 196 Å². The fraction of sp³-hybridized carbons (Fsp3) is 0.154. The Kier molecular flexibility index (Phi) is 24.8. The zero-order chi connectivity index (χ0) is 45.9. The van der Waals surface area contributed by atoms with Gasteiger partial charge in [-0.25, -0.2) is 46.3 Å². The van der Waals surface area contributed by atoms with Crippen LogP contribution in [0.4, 0.5) is 22.7 Å². The van der Waals surface area contributed by atoms with Gasteiger partial charge in [-0.15, -0.1) is 5.11 Å². The van der Waals surface area contributed by atoms with E-state index in [1.165, 1.54) is 0 Å². The maximum absolute atomic E-state index is 12.2. The van der Waals surface area contributed by atoms with Gasteiger partial charge in [0, 0.05) is 11.5 Å². The minimum absolute atomic E-state index is 0. The Morgan fingerprint density at radius 3 is 1.59 bits per heavy atom. The Morgan fingerprint density at radius 1 is 0.641 bits per heavy atom. The quantitative estimate of drug-likeness (QED) is 0.0214. The molecule has 27 nitrogen and oxygen atoms in total.